The molecular formula is C21H20N2O2. The molecule has 0 N–H and O–H groups in total. The molecule has 0 bridgehead atoms. The molecule has 0 fully saturated rings. The third-order valence-electron chi connectivity index (χ3n) is 3.94. The number of hydrogen-bond acceptors (Lipinski definition) is 2. The fraction of sp³-hybridized carbons (Fsp3) is 0.143. The van der Waals surface area contributed by atoms with Gasteiger partial charge in [0.25, 0.3) is 5.91 Å². The number of hydrogen-bond donors (Lipinski definition) is 0. The van der Waals surface area contributed by atoms with E-state index >= 15 is 0 Å². The molecule has 0 aliphatic rings. The fourth-order valence-electron chi connectivity index (χ4n) is 2.49. The number of amides is 1. The Bertz CT molecular complexity index is 923. The molecule has 0 unspecified atom stereocenters. The molecule has 1 aromatic heterocycles. The Balaban J connectivity index is 1.89. The van der Waals surface area contributed by atoms with Gasteiger partial charge in [0, 0.05) is 18.3 Å². The lowest BCUT2D eigenvalue weighted by Crippen LogP contribution is -2.22. The number of aromatic nitrogens is 1. The molecule has 2 aromatic carbocycles. The molecule has 126 valence electrons. The highest BCUT2D eigenvalue weighted by Crippen LogP contribution is 2.12. The Morgan fingerprint density at radius 3 is 2.40 bits per heavy atom. The van der Waals surface area contributed by atoms with E-state index < -0.39 is 0 Å². The standard InChI is InChI=1S/C21H20N2O2/c1-16-6-8-17(9-7-16)15-23-14-4-3-5-20(23)22-21(24)18-10-12-19(25-2)13-11-18/h3-14H,15H2,1-2H3. The quantitative estimate of drug-likeness (QED) is 0.733. The van der Waals surface area contributed by atoms with Gasteiger partial charge in [-0.2, -0.15) is 4.99 Å². The van der Waals surface area contributed by atoms with Crippen molar-refractivity contribution in [2.24, 2.45) is 4.99 Å². The van der Waals surface area contributed by atoms with Crippen LogP contribution in [0.3, 0.4) is 0 Å². The van der Waals surface area contributed by atoms with Crippen LogP contribution in [0, 0.1) is 6.92 Å². The highest BCUT2D eigenvalue weighted by Gasteiger charge is 2.05. The van der Waals surface area contributed by atoms with Crippen molar-refractivity contribution in [1.29, 1.82) is 0 Å². The third kappa shape index (κ3) is 4.23. The van der Waals surface area contributed by atoms with Crippen LogP contribution in [-0.2, 0) is 6.54 Å². The van der Waals surface area contributed by atoms with E-state index in [-0.39, 0.29) is 5.91 Å². The molecule has 0 saturated heterocycles. The van der Waals surface area contributed by atoms with E-state index in [1.165, 1.54) is 5.56 Å². The van der Waals surface area contributed by atoms with Gasteiger partial charge in [-0.05, 0) is 48.9 Å². The van der Waals surface area contributed by atoms with Crippen molar-refractivity contribution in [1.82, 2.24) is 4.57 Å². The van der Waals surface area contributed by atoms with Crippen LogP contribution in [0.4, 0.5) is 0 Å². The van der Waals surface area contributed by atoms with E-state index in [0.717, 1.165) is 5.56 Å². The molecule has 0 spiro atoms. The summed E-state index contributed by atoms with van der Waals surface area (Å²) in [5.74, 6) is 0.442. The van der Waals surface area contributed by atoms with Crippen LogP contribution in [0.15, 0.2) is 77.9 Å². The van der Waals surface area contributed by atoms with E-state index in [4.69, 9.17) is 4.74 Å². The van der Waals surface area contributed by atoms with Gasteiger partial charge < -0.3 is 9.30 Å². The molecule has 25 heavy (non-hydrogen) atoms. The number of aryl methyl sites for hydroxylation is 1. The first-order valence-corrected chi connectivity index (χ1v) is 8.10. The highest BCUT2D eigenvalue weighted by atomic mass is 16.5. The lowest BCUT2D eigenvalue weighted by molar-refractivity contribution is 0.0997. The van der Waals surface area contributed by atoms with Gasteiger partial charge in [-0.3, -0.25) is 4.79 Å². The van der Waals surface area contributed by atoms with Gasteiger partial charge in [-0.15, -0.1) is 0 Å². The molecule has 1 heterocycles. The van der Waals surface area contributed by atoms with Crippen molar-refractivity contribution >= 4 is 5.91 Å². The Morgan fingerprint density at radius 2 is 1.72 bits per heavy atom. The van der Waals surface area contributed by atoms with E-state index in [0.29, 0.717) is 23.3 Å². The van der Waals surface area contributed by atoms with E-state index in [1.54, 1.807) is 31.4 Å². The van der Waals surface area contributed by atoms with Crippen molar-refractivity contribution in [3.8, 4) is 5.75 Å². The van der Waals surface area contributed by atoms with Crippen LogP contribution in [-0.4, -0.2) is 17.6 Å². The third-order valence-corrected chi connectivity index (χ3v) is 3.94. The topological polar surface area (TPSA) is 43.6 Å². The predicted molar refractivity (Wildman–Crippen MR) is 97.6 cm³/mol. The number of benzene rings is 2. The molecule has 0 atom stereocenters. The van der Waals surface area contributed by atoms with Crippen molar-refractivity contribution in [3.63, 3.8) is 0 Å². The monoisotopic (exact) mass is 332 g/mol. The van der Waals surface area contributed by atoms with Crippen LogP contribution in [0.2, 0.25) is 0 Å². The zero-order chi connectivity index (χ0) is 17.6. The van der Waals surface area contributed by atoms with E-state index in [9.17, 15) is 4.79 Å². The zero-order valence-electron chi connectivity index (χ0n) is 14.3. The lowest BCUT2D eigenvalue weighted by Gasteiger charge is -2.08. The normalized spacial score (nSPS) is 11.4. The summed E-state index contributed by atoms with van der Waals surface area (Å²) in [6.45, 7) is 2.73. The summed E-state index contributed by atoms with van der Waals surface area (Å²) in [6.07, 6.45) is 1.93. The minimum atomic E-state index is -0.272. The second kappa shape index (κ2) is 7.62. The number of carbonyl (C=O) groups is 1. The smallest absolute Gasteiger partial charge is 0.278 e. The Morgan fingerprint density at radius 1 is 1.00 bits per heavy atom. The van der Waals surface area contributed by atoms with Crippen molar-refractivity contribution < 1.29 is 9.53 Å². The molecule has 4 heteroatoms. The second-order valence-electron chi connectivity index (χ2n) is 5.82. The Hall–Kier alpha value is -3.14. The highest BCUT2D eigenvalue weighted by molar-refractivity contribution is 5.94. The molecule has 3 rings (SSSR count). The van der Waals surface area contributed by atoms with Crippen LogP contribution in [0.25, 0.3) is 0 Å². The Kier molecular flexibility index (Phi) is 5.09. The summed E-state index contributed by atoms with van der Waals surface area (Å²) in [6, 6.07) is 21.0. The number of nitrogens with zero attached hydrogens (tertiary/aromatic N) is 2. The summed E-state index contributed by atoms with van der Waals surface area (Å²) < 4.78 is 7.08. The van der Waals surface area contributed by atoms with Crippen LogP contribution in [0.5, 0.6) is 5.75 Å². The van der Waals surface area contributed by atoms with Gasteiger partial charge in [-0.1, -0.05) is 35.9 Å². The predicted octanol–water partition coefficient (Wildman–Crippen LogP) is 3.59. The van der Waals surface area contributed by atoms with Gasteiger partial charge in [0.05, 0.1) is 7.11 Å². The minimum Gasteiger partial charge on any atom is -0.497 e. The number of ether oxygens (including phenoxy) is 1. The van der Waals surface area contributed by atoms with Gasteiger partial charge >= 0.3 is 0 Å². The van der Waals surface area contributed by atoms with Crippen molar-refractivity contribution in [2.75, 3.05) is 7.11 Å². The van der Waals surface area contributed by atoms with E-state index in [1.807, 2.05) is 29.0 Å². The van der Waals surface area contributed by atoms with Crippen molar-refractivity contribution in [2.45, 2.75) is 13.5 Å². The molecule has 0 aliphatic heterocycles. The van der Waals surface area contributed by atoms with Crippen LogP contribution >= 0.6 is 0 Å². The summed E-state index contributed by atoms with van der Waals surface area (Å²) in [5, 5.41) is 0. The van der Waals surface area contributed by atoms with Crippen LogP contribution < -0.4 is 10.2 Å². The van der Waals surface area contributed by atoms with E-state index in [2.05, 4.69) is 36.2 Å². The first-order valence-electron chi connectivity index (χ1n) is 8.10. The molecule has 0 aliphatic carbocycles. The number of carbonyl (C=O) groups excluding carboxylic acids is 1. The summed E-state index contributed by atoms with van der Waals surface area (Å²) in [4.78, 5) is 16.7. The molecule has 3 aromatic rings. The molecule has 0 radical (unpaired) electrons. The van der Waals surface area contributed by atoms with Gasteiger partial charge in [0.2, 0.25) is 0 Å². The van der Waals surface area contributed by atoms with Gasteiger partial charge in [0.15, 0.2) is 0 Å². The summed E-state index contributed by atoms with van der Waals surface area (Å²) >= 11 is 0. The lowest BCUT2D eigenvalue weighted by atomic mass is 10.1. The average Bonchev–Trinajstić information content (AvgIpc) is 2.65. The molecule has 1 amide bonds. The molecule has 0 saturated carbocycles. The number of rotatable bonds is 4. The zero-order valence-corrected chi connectivity index (χ0v) is 14.3. The first kappa shape index (κ1) is 16.7. The first-order chi connectivity index (χ1) is 12.2. The second-order valence-corrected chi connectivity index (χ2v) is 5.82. The SMILES string of the molecule is COc1ccc(C(=O)N=c2ccccn2Cc2ccc(C)cc2)cc1. The number of methoxy groups -OCH3 is 1. The summed E-state index contributed by atoms with van der Waals surface area (Å²) in [7, 11) is 1.60. The maximum absolute atomic E-state index is 12.4. The maximum Gasteiger partial charge on any atom is 0.278 e. The maximum atomic E-state index is 12.4. The fourth-order valence-corrected chi connectivity index (χ4v) is 2.49. The minimum absolute atomic E-state index is 0.272. The number of pyridine rings is 1. The summed E-state index contributed by atoms with van der Waals surface area (Å²) in [5.41, 5.74) is 3.55. The largest absolute Gasteiger partial charge is 0.497 e. The van der Waals surface area contributed by atoms with Gasteiger partial charge in [0.1, 0.15) is 11.2 Å². The molecule has 4 nitrogen and oxygen atoms in total. The van der Waals surface area contributed by atoms with Crippen molar-refractivity contribution in [3.05, 3.63) is 95.1 Å². The Labute approximate surface area is 147 Å². The molecular weight excluding hydrogens is 312 g/mol. The van der Waals surface area contributed by atoms with Gasteiger partial charge in [-0.25, -0.2) is 0 Å². The average molecular weight is 332 g/mol. The van der Waals surface area contributed by atoms with Crippen LogP contribution in [0.1, 0.15) is 21.5 Å².